The molecule has 0 saturated heterocycles. The second kappa shape index (κ2) is 7.55. The van der Waals surface area contributed by atoms with Crippen molar-refractivity contribution in [1.82, 2.24) is 4.31 Å². The molecule has 24 heavy (non-hydrogen) atoms. The van der Waals surface area contributed by atoms with Crippen molar-refractivity contribution in [3.8, 4) is 0 Å². The molecule has 0 aromatic heterocycles. The van der Waals surface area contributed by atoms with Gasteiger partial charge in [0, 0.05) is 17.8 Å². The molecule has 0 heterocycles. The quantitative estimate of drug-likeness (QED) is 0.871. The number of anilines is 1. The summed E-state index contributed by atoms with van der Waals surface area (Å²) in [6, 6.07) is 13.1. The van der Waals surface area contributed by atoms with E-state index in [4.69, 9.17) is 0 Å². The molecule has 0 aliphatic heterocycles. The van der Waals surface area contributed by atoms with Crippen LogP contribution in [-0.2, 0) is 21.4 Å². The maximum absolute atomic E-state index is 13.7. The maximum Gasteiger partial charge on any atom is 0.239 e. The van der Waals surface area contributed by atoms with E-state index in [-0.39, 0.29) is 18.7 Å². The SMILES string of the molecule is Cc1cccc(NC(=O)CN(Cc2ccccc2F)S(C)(=O)=O)c1. The highest BCUT2D eigenvalue weighted by Crippen LogP contribution is 2.13. The highest BCUT2D eigenvalue weighted by atomic mass is 32.2. The molecule has 0 unspecified atom stereocenters. The second-order valence-electron chi connectivity index (χ2n) is 5.54. The molecule has 2 aromatic rings. The van der Waals surface area contributed by atoms with Crippen LogP contribution < -0.4 is 5.32 Å². The van der Waals surface area contributed by atoms with Crippen LogP contribution in [-0.4, -0.2) is 31.4 Å². The van der Waals surface area contributed by atoms with Crippen molar-refractivity contribution in [2.24, 2.45) is 0 Å². The summed E-state index contributed by atoms with van der Waals surface area (Å²) in [5, 5.41) is 2.65. The van der Waals surface area contributed by atoms with E-state index in [0.29, 0.717) is 5.69 Å². The smallest absolute Gasteiger partial charge is 0.239 e. The van der Waals surface area contributed by atoms with Gasteiger partial charge in [0.25, 0.3) is 0 Å². The van der Waals surface area contributed by atoms with Crippen molar-refractivity contribution in [2.45, 2.75) is 13.5 Å². The van der Waals surface area contributed by atoms with Crippen molar-refractivity contribution in [1.29, 1.82) is 0 Å². The number of amides is 1. The molecule has 0 spiro atoms. The molecule has 0 saturated carbocycles. The topological polar surface area (TPSA) is 66.5 Å². The normalized spacial score (nSPS) is 11.5. The Balaban J connectivity index is 2.12. The van der Waals surface area contributed by atoms with Gasteiger partial charge in [0.2, 0.25) is 15.9 Å². The fraction of sp³-hybridized carbons (Fsp3) is 0.235. The lowest BCUT2D eigenvalue weighted by Crippen LogP contribution is -2.37. The van der Waals surface area contributed by atoms with Gasteiger partial charge in [0.05, 0.1) is 12.8 Å². The molecular formula is C17H19FN2O3S. The lowest BCUT2D eigenvalue weighted by atomic mass is 10.2. The zero-order valence-electron chi connectivity index (χ0n) is 13.5. The number of sulfonamides is 1. The predicted octanol–water partition coefficient (Wildman–Crippen LogP) is 2.53. The van der Waals surface area contributed by atoms with Gasteiger partial charge in [0.15, 0.2) is 0 Å². The Kier molecular flexibility index (Phi) is 5.69. The third-order valence-electron chi connectivity index (χ3n) is 3.40. The standard InChI is InChI=1S/C17H19FN2O3S/c1-13-6-5-8-15(10-13)19-17(21)12-20(24(2,22)23)11-14-7-3-4-9-16(14)18/h3-10H,11-12H2,1-2H3,(H,19,21). The number of carbonyl (C=O) groups is 1. The van der Waals surface area contributed by atoms with Crippen LogP contribution in [0.1, 0.15) is 11.1 Å². The Morgan fingerprint density at radius 1 is 1.17 bits per heavy atom. The summed E-state index contributed by atoms with van der Waals surface area (Å²) < 4.78 is 38.5. The molecule has 7 heteroatoms. The van der Waals surface area contributed by atoms with E-state index in [1.807, 2.05) is 13.0 Å². The predicted molar refractivity (Wildman–Crippen MR) is 91.5 cm³/mol. The van der Waals surface area contributed by atoms with Gasteiger partial charge in [-0.2, -0.15) is 4.31 Å². The molecule has 2 rings (SSSR count). The van der Waals surface area contributed by atoms with Crippen LogP contribution in [0.4, 0.5) is 10.1 Å². The van der Waals surface area contributed by atoms with E-state index in [9.17, 15) is 17.6 Å². The third kappa shape index (κ3) is 5.14. The van der Waals surface area contributed by atoms with Crippen LogP contribution in [0.5, 0.6) is 0 Å². The van der Waals surface area contributed by atoms with Crippen LogP contribution in [0.2, 0.25) is 0 Å². The molecule has 128 valence electrons. The fourth-order valence-corrected chi connectivity index (χ4v) is 2.92. The molecule has 0 bridgehead atoms. The minimum atomic E-state index is -3.67. The van der Waals surface area contributed by atoms with E-state index in [0.717, 1.165) is 16.1 Å². The Morgan fingerprint density at radius 2 is 1.88 bits per heavy atom. The zero-order chi connectivity index (χ0) is 17.7. The Bertz CT molecular complexity index is 837. The number of aryl methyl sites for hydroxylation is 1. The van der Waals surface area contributed by atoms with Gasteiger partial charge in [-0.1, -0.05) is 30.3 Å². The van der Waals surface area contributed by atoms with Gasteiger partial charge in [-0.05, 0) is 30.7 Å². The van der Waals surface area contributed by atoms with Gasteiger partial charge in [-0.25, -0.2) is 12.8 Å². The minimum Gasteiger partial charge on any atom is -0.325 e. The van der Waals surface area contributed by atoms with Crippen molar-refractivity contribution in [3.05, 3.63) is 65.5 Å². The number of rotatable bonds is 6. The lowest BCUT2D eigenvalue weighted by Gasteiger charge is -2.20. The van der Waals surface area contributed by atoms with E-state index >= 15 is 0 Å². The fourth-order valence-electron chi connectivity index (χ4n) is 2.19. The molecule has 0 aliphatic carbocycles. The highest BCUT2D eigenvalue weighted by molar-refractivity contribution is 7.88. The van der Waals surface area contributed by atoms with Crippen molar-refractivity contribution >= 4 is 21.6 Å². The summed E-state index contributed by atoms with van der Waals surface area (Å²) in [5.41, 5.74) is 1.77. The van der Waals surface area contributed by atoms with Crippen molar-refractivity contribution in [2.75, 3.05) is 18.1 Å². The number of nitrogens with zero attached hydrogens (tertiary/aromatic N) is 1. The summed E-state index contributed by atoms with van der Waals surface area (Å²) in [6.45, 7) is 1.30. The molecule has 0 radical (unpaired) electrons. The van der Waals surface area contributed by atoms with Gasteiger partial charge < -0.3 is 5.32 Å². The first kappa shape index (κ1) is 18.1. The molecule has 1 amide bonds. The summed E-state index contributed by atoms with van der Waals surface area (Å²) in [5.74, 6) is -0.993. The molecule has 0 aliphatic rings. The first-order chi connectivity index (χ1) is 11.3. The van der Waals surface area contributed by atoms with Gasteiger partial charge >= 0.3 is 0 Å². The van der Waals surface area contributed by atoms with E-state index in [2.05, 4.69) is 5.32 Å². The molecular weight excluding hydrogens is 331 g/mol. The third-order valence-corrected chi connectivity index (χ3v) is 4.59. The summed E-state index contributed by atoms with van der Waals surface area (Å²) in [7, 11) is -3.67. The second-order valence-corrected chi connectivity index (χ2v) is 7.52. The zero-order valence-corrected chi connectivity index (χ0v) is 14.3. The average Bonchev–Trinajstić information content (AvgIpc) is 2.47. The number of hydrogen-bond donors (Lipinski definition) is 1. The Hall–Kier alpha value is -2.25. The molecule has 1 N–H and O–H groups in total. The summed E-state index contributed by atoms with van der Waals surface area (Å²) in [6.07, 6.45) is 0.994. The van der Waals surface area contributed by atoms with Gasteiger partial charge in [0.1, 0.15) is 5.82 Å². The Labute approximate surface area is 141 Å². The van der Waals surface area contributed by atoms with Crippen molar-refractivity contribution in [3.63, 3.8) is 0 Å². The lowest BCUT2D eigenvalue weighted by molar-refractivity contribution is -0.116. The largest absolute Gasteiger partial charge is 0.325 e. The van der Waals surface area contributed by atoms with Crippen LogP contribution in [0.25, 0.3) is 0 Å². The van der Waals surface area contributed by atoms with Crippen LogP contribution in [0, 0.1) is 12.7 Å². The van der Waals surface area contributed by atoms with Gasteiger partial charge in [-0.15, -0.1) is 0 Å². The van der Waals surface area contributed by atoms with Crippen LogP contribution in [0.15, 0.2) is 48.5 Å². The number of carbonyl (C=O) groups excluding carboxylic acids is 1. The number of hydrogen-bond acceptors (Lipinski definition) is 3. The first-order valence-corrected chi connectivity index (χ1v) is 9.15. The highest BCUT2D eigenvalue weighted by Gasteiger charge is 2.21. The average molecular weight is 350 g/mol. The van der Waals surface area contributed by atoms with E-state index in [1.54, 1.807) is 24.3 Å². The minimum absolute atomic E-state index is 0.202. The van der Waals surface area contributed by atoms with E-state index < -0.39 is 21.7 Å². The summed E-state index contributed by atoms with van der Waals surface area (Å²) >= 11 is 0. The number of benzene rings is 2. The number of nitrogens with one attached hydrogen (secondary N) is 1. The molecule has 5 nitrogen and oxygen atoms in total. The monoisotopic (exact) mass is 350 g/mol. The molecule has 2 aromatic carbocycles. The number of halogens is 1. The van der Waals surface area contributed by atoms with E-state index in [1.165, 1.54) is 18.2 Å². The van der Waals surface area contributed by atoms with Gasteiger partial charge in [-0.3, -0.25) is 4.79 Å². The van der Waals surface area contributed by atoms with Crippen LogP contribution in [0.3, 0.4) is 0 Å². The maximum atomic E-state index is 13.7. The molecule has 0 atom stereocenters. The first-order valence-electron chi connectivity index (χ1n) is 7.31. The molecule has 0 fully saturated rings. The Morgan fingerprint density at radius 3 is 2.50 bits per heavy atom. The van der Waals surface area contributed by atoms with Crippen molar-refractivity contribution < 1.29 is 17.6 Å². The van der Waals surface area contributed by atoms with Crippen LogP contribution >= 0.6 is 0 Å². The summed E-state index contributed by atoms with van der Waals surface area (Å²) in [4.78, 5) is 12.1.